The first-order valence-corrected chi connectivity index (χ1v) is 4.14. The molecule has 6 heteroatoms. The highest BCUT2D eigenvalue weighted by molar-refractivity contribution is 5.92. The number of primary amides is 1. The number of nitrogens with zero attached hydrogens (tertiary/aromatic N) is 2. The number of carbonyl (C=O) groups is 1. The smallest absolute Gasteiger partial charge is 0.323 e. The lowest BCUT2D eigenvalue weighted by molar-refractivity contribution is 0.153. The fourth-order valence-electron chi connectivity index (χ4n) is 1.45. The number of amides is 1. The van der Waals surface area contributed by atoms with Crippen LogP contribution in [0.1, 0.15) is 12.0 Å². The molecule has 0 saturated heterocycles. The molecule has 0 bridgehead atoms. The molecule has 0 fully saturated rings. The SMILES string of the molecule is NC(=O)n1cc(C(F)F)c2cnccc21. The fourth-order valence-corrected chi connectivity index (χ4v) is 1.45. The maximum Gasteiger partial charge on any atom is 0.323 e. The van der Waals surface area contributed by atoms with Gasteiger partial charge in [-0.1, -0.05) is 0 Å². The van der Waals surface area contributed by atoms with E-state index < -0.39 is 12.5 Å². The van der Waals surface area contributed by atoms with Gasteiger partial charge in [-0.25, -0.2) is 13.6 Å². The lowest BCUT2D eigenvalue weighted by Crippen LogP contribution is -2.18. The molecule has 0 aliphatic carbocycles. The van der Waals surface area contributed by atoms with Gasteiger partial charge in [-0.15, -0.1) is 0 Å². The van der Waals surface area contributed by atoms with Crippen LogP contribution in [-0.2, 0) is 0 Å². The zero-order valence-corrected chi connectivity index (χ0v) is 7.52. The topological polar surface area (TPSA) is 60.9 Å². The van der Waals surface area contributed by atoms with Gasteiger partial charge in [0, 0.05) is 29.5 Å². The monoisotopic (exact) mass is 211 g/mol. The van der Waals surface area contributed by atoms with E-state index >= 15 is 0 Å². The number of alkyl halides is 2. The molecule has 0 saturated carbocycles. The average molecular weight is 211 g/mol. The summed E-state index contributed by atoms with van der Waals surface area (Å²) in [6.45, 7) is 0. The second-order valence-electron chi connectivity index (χ2n) is 2.99. The summed E-state index contributed by atoms with van der Waals surface area (Å²) in [6.07, 6.45) is 1.09. The number of carbonyl (C=O) groups excluding carboxylic acids is 1. The van der Waals surface area contributed by atoms with Crippen LogP contribution < -0.4 is 5.73 Å². The summed E-state index contributed by atoms with van der Waals surface area (Å²) in [4.78, 5) is 14.7. The molecule has 0 aliphatic heterocycles. The largest absolute Gasteiger partial charge is 0.351 e. The molecule has 0 unspecified atom stereocenters. The summed E-state index contributed by atoms with van der Waals surface area (Å²) in [5, 5.41) is 0.242. The highest BCUT2D eigenvalue weighted by Gasteiger charge is 2.17. The predicted molar refractivity (Wildman–Crippen MR) is 49.7 cm³/mol. The minimum absolute atomic E-state index is 0.239. The summed E-state index contributed by atoms with van der Waals surface area (Å²) in [7, 11) is 0. The number of hydrogen-bond donors (Lipinski definition) is 1. The van der Waals surface area contributed by atoms with Crippen molar-refractivity contribution in [3.8, 4) is 0 Å². The lowest BCUT2D eigenvalue weighted by atomic mass is 10.2. The van der Waals surface area contributed by atoms with Crippen LogP contribution in [0.5, 0.6) is 0 Å². The van der Waals surface area contributed by atoms with Crippen molar-refractivity contribution in [2.75, 3.05) is 0 Å². The van der Waals surface area contributed by atoms with Crippen molar-refractivity contribution >= 4 is 16.9 Å². The summed E-state index contributed by atoms with van der Waals surface area (Å²) < 4.78 is 26.1. The molecule has 2 aromatic heterocycles. The van der Waals surface area contributed by atoms with Gasteiger partial charge in [0.05, 0.1) is 5.52 Å². The Morgan fingerprint density at radius 3 is 2.87 bits per heavy atom. The molecule has 2 aromatic rings. The first-order chi connectivity index (χ1) is 7.11. The standard InChI is InChI=1S/C9H7F2N3O/c10-8(11)6-4-14(9(12)15)7-1-2-13-3-5(6)7/h1-4,8H,(H2,12,15). The first-order valence-electron chi connectivity index (χ1n) is 4.14. The molecular weight excluding hydrogens is 204 g/mol. The van der Waals surface area contributed by atoms with E-state index in [1.54, 1.807) is 0 Å². The number of nitrogens with two attached hydrogens (primary N) is 1. The highest BCUT2D eigenvalue weighted by atomic mass is 19.3. The van der Waals surface area contributed by atoms with Crippen molar-refractivity contribution in [3.05, 3.63) is 30.2 Å². The van der Waals surface area contributed by atoms with Crippen molar-refractivity contribution in [3.63, 3.8) is 0 Å². The number of aromatic nitrogens is 2. The van der Waals surface area contributed by atoms with Gasteiger partial charge in [0.15, 0.2) is 0 Å². The van der Waals surface area contributed by atoms with E-state index in [1.165, 1.54) is 18.5 Å². The molecule has 15 heavy (non-hydrogen) atoms. The summed E-state index contributed by atoms with van der Waals surface area (Å²) >= 11 is 0. The molecule has 0 aliphatic rings. The maximum absolute atomic E-state index is 12.6. The molecule has 78 valence electrons. The molecule has 4 nitrogen and oxygen atoms in total. The van der Waals surface area contributed by atoms with Gasteiger partial charge in [-0.3, -0.25) is 9.55 Å². The quantitative estimate of drug-likeness (QED) is 0.783. The van der Waals surface area contributed by atoms with E-state index in [2.05, 4.69) is 4.98 Å². The summed E-state index contributed by atoms with van der Waals surface area (Å²) in [5.74, 6) is 0. The van der Waals surface area contributed by atoms with Crippen molar-refractivity contribution in [1.29, 1.82) is 0 Å². The van der Waals surface area contributed by atoms with E-state index in [0.29, 0.717) is 5.52 Å². The summed E-state index contributed by atoms with van der Waals surface area (Å²) in [5.41, 5.74) is 5.15. The lowest BCUT2D eigenvalue weighted by Gasteiger charge is -1.96. The number of fused-ring (bicyclic) bond motifs is 1. The van der Waals surface area contributed by atoms with Crippen LogP contribution in [0.4, 0.5) is 13.6 Å². The third kappa shape index (κ3) is 1.43. The van der Waals surface area contributed by atoms with E-state index in [1.807, 2.05) is 0 Å². The Balaban J connectivity index is 2.79. The Labute approximate surface area is 83.3 Å². The van der Waals surface area contributed by atoms with Gasteiger partial charge in [0.2, 0.25) is 0 Å². The molecule has 0 radical (unpaired) electrons. The fraction of sp³-hybridized carbons (Fsp3) is 0.111. The van der Waals surface area contributed by atoms with Crippen LogP contribution in [0.25, 0.3) is 10.9 Å². The molecule has 0 atom stereocenters. The molecular formula is C9H7F2N3O. The maximum atomic E-state index is 12.6. The number of halogens is 2. The van der Waals surface area contributed by atoms with Crippen LogP contribution in [-0.4, -0.2) is 15.6 Å². The number of pyridine rings is 1. The molecule has 2 N–H and O–H groups in total. The van der Waals surface area contributed by atoms with Crippen molar-refractivity contribution in [1.82, 2.24) is 9.55 Å². The molecule has 1 amide bonds. The molecule has 2 rings (SSSR count). The minimum atomic E-state index is -2.66. The van der Waals surface area contributed by atoms with Gasteiger partial charge in [0.1, 0.15) is 0 Å². The number of hydrogen-bond acceptors (Lipinski definition) is 2. The average Bonchev–Trinajstić information content (AvgIpc) is 2.56. The van der Waals surface area contributed by atoms with Crippen LogP contribution in [0.2, 0.25) is 0 Å². The van der Waals surface area contributed by atoms with E-state index in [0.717, 1.165) is 10.8 Å². The second-order valence-corrected chi connectivity index (χ2v) is 2.99. The van der Waals surface area contributed by atoms with Crippen LogP contribution in [0.3, 0.4) is 0 Å². The van der Waals surface area contributed by atoms with Crippen molar-refractivity contribution in [2.45, 2.75) is 6.43 Å². The van der Waals surface area contributed by atoms with Crippen molar-refractivity contribution < 1.29 is 13.6 Å². The third-order valence-corrected chi connectivity index (χ3v) is 2.11. The molecule has 0 aromatic carbocycles. The minimum Gasteiger partial charge on any atom is -0.351 e. The Morgan fingerprint density at radius 2 is 2.27 bits per heavy atom. The van der Waals surface area contributed by atoms with E-state index in [-0.39, 0.29) is 10.9 Å². The van der Waals surface area contributed by atoms with Crippen LogP contribution in [0.15, 0.2) is 24.7 Å². The van der Waals surface area contributed by atoms with Gasteiger partial charge < -0.3 is 5.73 Å². The zero-order chi connectivity index (χ0) is 11.0. The zero-order valence-electron chi connectivity index (χ0n) is 7.52. The second kappa shape index (κ2) is 3.30. The van der Waals surface area contributed by atoms with Crippen molar-refractivity contribution in [2.24, 2.45) is 5.73 Å². The Kier molecular flexibility index (Phi) is 2.11. The van der Waals surface area contributed by atoms with Gasteiger partial charge >= 0.3 is 6.03 Å². The summed E-state index contributed by atoms with van der Waals surface area (Å²) in [6, 6.07) is 0.671. The van der Waals surface area contributed by atoms with Crippen LogP contribution in [0, 0.1) is 0 Å². The van der Waals surface area contributed by atoms with E-state index in [4.69, 9.17) is 5.73 Å². The Bertz CT molecular complexity index is 521. The van der Waals surface area contributed by atoms with Crippen LogP contribution >= 0.6 is 0 Å². The van der Waals surface area contributed by atoms with Gasteiger partial charge in [-0.05, 0) is 6.07 Å². The Hall–Kier alpha value is -1.98. The Morgan fingerprint density at radius 1 is 1.53 bits per heavy atom. The normalized spacial score (nSPS) is 11.1. The highest BCUT2D eigenvalue weighted by Crippen LogP contribution is 2.28. The van der Waals surface area contributed by atoms with E-state index in [9.17, 15) is 13.6 Å². The van der Waals surface area contributed by atoms with Gasteiger partial charge in [0.25, 0.3) is 6.43 Å². The molecule has 0 spiro atoms. The third-order valence-electron chi connectivity index (χ3n) is 2.11. The predicted octanol–water partition coefficient (Wildman–Crippen LogP) is 1.90. The number of rotatable bonds is 1. The first kappa shape index (κ1) is 9.57. The molecule has 2 heterocycles. The van der Waals surface area contributed by atoms with Gasteiger partial charge in [-0.2, -0.15) is 0 Å².